The zero-order chi connectivity index (χ0) is 14.8. The molecule has 1 amide bonds. The Morgan fingerprint density at radius 2 is 2.00 bits per heavy atom. The van der Waals surface area contributed by atoms with Crippen molar-refractivity contribution in [2.24, 2.45) is 0 Å². The van der Waals surface area contributed by atoms with E-state index in [0.29, 0.717) is 5.56 Å². The van der Waals surface area contributed by atoms with Crippen LogP contribution in [0.15, 0.2) is 59.2 Å². The highest BCUT2D eigenvalue weighted by Crippen LogP contribution is 2.23. The third-order valence-corrected chi connectivity index (χ3v) is 4.26. The monoisotopic (exact) mass is 342 g/mol. The minimum absolute atomic E-state index is 0.0626. The highest BCUT2D eigenvalue weighted by molar-refractivity contribution is 9.10. The summed E-state index contributed by atoms with van der Waals surface area (Å²) in [4.78, 5) is 15.5. The fraction of sp³-hybridized carbons (Fsp3) is 0.118. The summed E-state index contributed by atoms with van der Waals surface area (Å²) in [6.45, 7) is 1.98. The van der Waals surface area contributed by atoms with E-state index in [0.717, 1.165) is 20.9 Å². The van der Waals surface area contributed by atoms with Crippen LogP contribution in [0.2, 0.25) is 0 Å². The third kappa shape index (κ3) is 2.85. The van der Waals surface area contributed by atoms with Gasteiger partial charge in [-0.3, -0.25) is 4.79 Å². The van der Waals surface area contributed by atoms with Crippen molar-refractivity contribution < 1.29 is 4.79 Å². The van der Waals surface area contributed by atoms with Crippen molar-refractivity contribution in [2.45, 2.75) is 13.0 Å². The van der Waals surface area contributed by atoms with E-state index in [1.54, 1.807) is 0 Å². The van der Waals surface area contributed by atoms with Crippen LogP contribution in [0.4, 0.5) is 0 Å². The summed E-state index contributed by atoms with van der Waals surface area (Å²) in [6, 6.07) is 15.5. The molecule has 3 rings (SSSR count). The third-order valence-electron chi connectivity index (χ3n) is 3.54. The second-order valence-electron chi connectivity index (χ2n) is 5.00. The maximum Gasteiger partial charge on any atom is 0.251 e. The topological polar surface area (TPSA) is 44.9 Å². The number of fused-ring (bicyclic) bond motifs is 1. The number of rotatable bonds is 3. The van der Waals surface area contributed by atoms with E-state index in [1.807, 2.05) is 61.7 Å². The molecule has 3 aromatic rings. The van der Waals surface area contributed by atoms with Crippen LogP contribution >= 0.6 is 15.9 Å². The van der Waals surface area contributed by atoms with Gasteiger partial charge in [0, 0.05) is 21.7 Å². The summed E-state index contributed by atoms with van der Waals surface area (Å²) in [6.07, 6.45) is 1.87. The number of benzene rings is 2. The molecule has 3 nitrogen and oxygen atoms in total. The maximum absolute atomic E-state index is 12.4. The van der Waals surface area contributed by atoms with Crippen LogP contribution < -0.4 is 5.32 Å². The summed E-state index contributed by atoms with van der Waals surface area (Å²) in [5, 5.41) is 4.13. The summed E-state index contributed by atoms with van der Waals surface area (Å²) in [5.41, 5.74) is 2.69. The summed E-state index contributed by atoms with van der Waals surface area (Å²) in [5.74, 6) is -0.0743. The first kappa shape index (κ1) is 13.9. The lowest BCUT2D eigenvalue weighted by molar-refractivity contribution is 0.0940. The van der Waals surface area contributed by atoms with Crippen molar-refractivity contribution in [3.8, 4) is 0 Å². The van der Waals surface area contributed by atoms with Crippen molar-refractivity contribution in [2.75, 3.05) is 0 Å². The molecule has 21 heavy (non-hydrogen) atoms. The molecule has 1 aromatic heterocycles. The summed E-state index contributed by atoms with van der Waals surface area (Å²) >= 11 is 3.51. The first-order chi connectivity index (χ1) is 10.1. The molecule has 0 radical (unpaired) electrons. The van der Waals surface area contributed by atoms with Crippen molar-refractivity contribution in [1.82, 2.24) is 10.3 Å². The van der Waals surface area contributed by atoms with E-state index < -0.39 is 0 Å². The molecule has 0 saturated carbocycles. The zero-order valence-electron chi connectivity index (χ0n) is 11.6. The molecule has 1 heterocycles. The van der Waals surface area contributed by atoms with Gasteiger partial charge in [0.1, 0.15) is 0 Å². The van der Waals surface area contributed by atoms with Gasteiger partial charge < -0.3 is 10.3 Å². The number of aromatic nitrogens is 1. The Labute approximate surface area is 131 Å². The zero-order valence-corrected chi connectivity index (χ0v) is 13.1. The Morgan fingerprint density at radius 3 is 2.81 bits per heavy atom. The van der Waals surface area contributed by atoms with Gasteiger partial charge in [0.2, 0.25) is 0 Å². The number of hydrogen-bond acceptors (Lipinski definition) is 1. The van der Waals surface area contributed by atoms with E-state index in [9.17, 15) is 4.79 Å². The lowest BCUT2D eigenvalue weighted by atomic mass is 10.1. The van der Waals surface area contributed by atoms with Gasteiger partial charge in [-0.25, -0.2) is 0 Å². The average Bonchev–Trinajstić information content (AvgIpc) is 2.94. The minimum Gasteiger partial charge on any atom is -0.361 e. The normalized spacial score (nSPS) is 12.3. The predicted molar refractivity (Wildman–Crippen MR) is 88.3 cm³/mol. The molecule has 4 heteroatoms. The smallest absolute Gasteiger partial charge is 0.251 e. The number of carbonyl (C=O) groups excluding carboxylic acids is 1. The van der Waals surface area contributed by atoms with Gasteiger partial charge in [-0.1, -0.05) is 40.2 Å². The molecular weight excluding hydrogens is 328 g/mol. The standard InChI is InChI=1S/C17H15BrN2O/c1-11(14-4-2-3-5-15(14)18)20-17(21)13-7-6-12-8-9-19-16(12)10-13/h2-11,19H,1H3,(H,20,21)/t11-/m0/s1. The minimum atomic E-state index is -0.0743. The number of amides is 1. The lowest BCUT2D eigenvalue weighted by Gasteiger charge is -2.16. The quantitative estimate of drug-likeness (QED) is 0.726. The van der Waals surface area contributed by atoms with Crippen LogP contribution in [0.25, 0.3) is 10.9 Å². The number of nitrogens with one attached hydrogen (secondary N) is 2. The molecular formula is C17H15BrN2O. The second-order valence-corrected chi connectivity index (χ2v) is 5.85. The van der Waals surface area contributed by atoms with Crippen molar-refractivity contribution in [1.29, 1.82) is 0 Å². The highest BCUT2D eigenvalue weighted by atomic mass is 79.9. The van der Waals surface area contributed by atoms with Gasteiger partial charge in [-0.15, -0.1) is 0 Å². The predicted octanol–water partition coefficient (Wildman–Crippen LogP) is 4.42. The number of carbonyl (C=O) groups is 1. The molecule has 0 aliphatic rings. The van der Waals surface area contributed by atoms with Gasteiger partial charge in [0.15, 0.2) is 0 Å². The SMILES string of the molecule is C[C@H](NC(=O)c1ccc2cc[nH]c2c1)c1ccccc1Br. The average molecular weight is 343 g/mol. The second kappa shape index (κ2) is 5.74. The molecule has 1 atom stereocenters. The number of aromatic amines is 1. The van der Waals surface area contributed by atoms with Crippen LogP contribution in [0, 0.1) is 0 Å². The number of halogens is 1. The Kier molecular flexibility index (Phi) is 3.80. The van der Waals surface area contributed by atoms with E-state index in [-0.39, 0.29) is 11.9 Å². The molecule has 0 unspecified atom stereocenters. The van der Waals surface area contributed by atoms with E-state index in [4.69, 9.17) is 0 Å². The molecule has 2 N–H and O–H groups in total. The summed E-state index contributed by atoms with van der Waals surface area (Å²) in [7, 11) is 0. The fourth-order valence-electron chi connectivity index (χ4n) is 2.37. The Morgan fingerprint density at radius 1 is 1.19 bits per heavy atom. The molecule has 106 valence electrons. The summed E-state index contributed by atoms with van der Waals surface area (Å²) < 4.78 is 0.998. The van der Waals surface area contributed by atoms with Crippen LogP contribution in [0.3, 0.4) is 0 Å². The molecule has 0 aliphatic carbocycles. The lowest BCUT2D eigenvalue weighted by Crippen LogP contribution is -2.26. The van der Waals surface area contributed by atoms with Gasteiger partial charge in [0.05, 0.1) is 6.04 Å². The molecule has 0 aliphatic heterocycles. The van der Waals surface area contributed by atoms with Crippen molar-refractivity contribution in [3.05, 3.63) is 70.3 Å². The molecule has 2 aromatic carbocycles. The van der Waals surface area contributed by atoms with Gasteiger partial charge in [0.25, 0.3) is 5.91 Å². The molecule has 0 bridgehead atoms. The Hall–Kier alpha value is -2.07. The van der Waals surface area contributed by atoms with Crippen LogP contribution in [0.5, 0.6) is 0 Å². The first-order valence-corrected chi connectivity index (χ1v) is 7.57. The van der Waals surface area contributed by atoms with Crippen molar-refractivity contribution >= 4 is 32.7 Å². The fourth-order valence-corrected chi connectivity index (χ4v) is 3.00. The van der Waals surface area contributed by atoms with Crippen LogP contribution in [0.1, 0.15) is 28.9 Å². The van der Waals surface area contributed by atoms with Gasteiger partial charge >= 0.3 is 0 Å². The molecule has 0 spiro atoms. The van der Waals surface area contributed by atoms with Crippen molar-refractivity contribution in [3.63, 3.8) is 0 Å². The van der Waals surface area contributed by atoms with Crippen LogP contribution in [-0.4, -0.2) is 10.9 Å². The Balaban J connectivity index is 1.81. The van der Waals surface area contributed by atoms with E-state index >= 15 is 0 Å². The largest absolute Gasteiger partial charge is 0.361 e. The van der Waals surface area contributed by atoms with Gasteiger partial charge in [-0.2, -0.15) is 0 Å². The number of hydrogen-bond donors (Lipinski definition) is 2. The Bertz CT molecular complexity index is 794. The maximum atomic E-state index is 12.4. The van der Waals surface area contributed by atoms with E-state index in [1.165, 1.54) is 0 Å². The van der Waals surface area contributed by atoms with Crippen LogP contribution in [-0.2, 0) is 0 Å². The van der Waals surface area contributed by atoms with Gasteiger partial charge in [-0.05, 0) is 42.1 Å². The number of H-pyrrole nitrogens is 1. The van der Waals surface area contributed by atoms with E-state index in [2.05, 4.69) is 26.2 Å². The molecule has 0 saturated heterocycles. The highest BCUT2D eigenvalue weighted by Gasteiger charge is 2.13. The molecule has 0 fully saturated rings. The first-order valence-electron chi connectivity index (χ1n) is 6.77.